The molecule has 0 aliphatic carbocycles. The van der Waals surface area contributed by atoms with E-state index in [4.69, 9.17) is 4.63 Å². The Morgan fingerprint density at radius 2 is 2.50 bits per heavy atom. The van der Waals surface area contributed by atoms with Crippen LogP contribution in [0.15, 0.2) is 17.2 Å². The predicted molar refractivity (Wildman–Crippen MR) is 57.3 cm³/mol. The van der Waals surface area contributed by atoms with Crippen molar-refractivity contribution in [3.05, 3.63) is 18.2 Å². The van der Waals surface area contributed by atoms with E-state index in [0.717, 1.165) is 24.5 Å². The van der Waals surface area contributed by atoms with Gasteiger partial charge in [-0.2, -0.15) is 0 Å². The lowest BCUT2D eigenvalue weighted by Crippen LogP contribution is -2.43. The first-order valence-electron chi connectivity index (χ1n) is 5.11. The van der Waals surface area contributed by atoms with Gasteiger partial charge in [-0.1, -0.05) is 0 Å². The van der Waals surface area contributed by atoms with Gasteiger partial charge in [0.2, 0.25) is 11.6 Å². The first kappa shape index (κ1) is 9.20. The summed E-state index contributed by atoms with van der Waals surface area (Å²) in [5, 5.41) is 10.8. The Hall–Kier alpha value is -2.05. The third-order valence-electron chi connectivity index (χ3n) is 2.87. The maximum atomic E-state index is 4.70. The maximum Gasteiger partial charge on any atom is 0.217 e. The van der Waals surface area contributed by atoms with Gasteiger partial charge in [0, 0.05) is 31.9 Å². The molecule has 3 rings (SSSR count). The SMILES string of the molecule is CN1c2nonc2NC[C@@H]1Cc1cnc[nH]1. The largest absolute Gasteiger partial charge is 0.362 e. The lowest BCUT2D eigenvalue weighted by atomic mass is 10.1. The highest BCUT2D eigenvalue weighted by Gasteiger charge is 2.27. The summed E-state index contributed by atoms with van der Waals surface area (Å²) in [6, 6.07) is 0.319. The first-order valence-corrected chi connectivity index (χ1v) is 5.11. The molecule has 1 aliphatic heterocycles. The van der Waals surface area contributed by atoms with E-state index in [1.807, 2.05) is 13.2 Å². The van der Waals surface area contributed by atoms with Crippen LogP contribution in [0.4, 0.5) is 11.6 Å². The molecule has 0 saturated carbocycles. The molecule has 0 unspecified atom stereocenters. The summed E-state index contributed by atoms with van der Waals surface area (Å²) in [4.78, 5) is 9.18. The lowest BCUT2D eigenvalue weighted by Gasteiger charge is -2.31. The van der Waals surface area contributed by atoms with Crippen LogP contribution in [-0.4, -0.2) is 39.9 Å². The van der Waals surface area contributed by atoms with Crippen LogP contribution in [0.3, 0.4) is 0 Å². The van der Waals surface area contributed by atoms with E-state index in [-0.39, 0.29) is 0 Å². The number of rotatable bonds is 2. The number of imidazole rings is 1. The molecule has 3 heterocycles. The normalized spacial score (nSPS) is 19.3. The molecule has 16 heavy (non-hydrogen) atoms. The van der Waals surface area contributed by atoms with Crippen LogP contribution in [0.5, 0.6) is 0 Å². The van der Waals surface area contributed by atoms with E-state index in [1.165, 1.54) is 0 Å². The van der Waals surface area contributed by atoms with E-state index >= 15 is 0 Å². The van der Waals surface area contributed by atoms with Gasteiger partial charge in [0.1, 0.15) is 0 Å². The number of H-pyrrole nitrogens is 1. The summed E-state index contributed by atoms with van der Waals surface area (Å²) in [5.74, 6) is 1.47. The third kappa shape index (κ3) is 1.40. The second kappa shape index (κ2) is 3.51. The Morgan fingerprint density at radius 1 is 1.56 bits per heavy atom. The van der Waals surface area contributed by atoms with Crippen molar-refractivity contribution in [2.45, 2.75) is 12.5 Å². The number of anilines is 2. The standard InChI is InChI=1S/C9H12N6O/c1-15-7(2-6-3-10-5-12-6)4-11-8-9(15)14-16-13-8/h3,5,7H,2,4H2,1H3,(H,10,12)(H,11,13)/t7-/m0/s1. The Morgan fingerprint density at radius 3 is 3.31 bits per heavy atom. The van der Waals surface area contributed by atoms with Crippen LogP contribution < -0.4 is 10.2 Å². The molecule has 2 aromatic heterocycles. The quantitative estimate of drug-likeness (QED) is 0.755. The van der Waals surface area contributed by atoms with E-state index < -0.39 is 0 Å². The molecular formula is C9H12N6O. The number of hydrogen-bond acceptors (Lipinski definition) is 6. The van der Waals surface area contributed by atoms with Crippen LogP contribution in [0.25, 0.3) is 0 Å². The number of aromatic nitrogens is 4. The van der Waals surface area contributed by atoms with Crippen molar-refractivity contribution in [2.75, 3.05) is 23.8 Å². The van der Waals surface area contributed by atoms with Crippen molar-refractivity contribution in [1.29, 1.82) is 0 Å². The molecule has 84 valence electrons. The van der Waals surface area contributed by atoms with Crippen LogP contribution in [0.2, 0.25) is 0 Å². The molecule has 1 aliphatic rings. The summed E-state index contributed by atoms with van der Waals surface area (Å²) in [6.07, 6.45) is 4.41. The highest BCUT2D eigenvalue weighted by molar-refractivity contribution is 5.62. The number of nitrogens with one attached hydrogen (secondary N) is 2. The molecule has 2 aromatic rings. The van der Waals surface area contributed by atoms with E-state index in [2.05, 4.69) is 30.5 Å². The van der Waals surface area contributed by atoms with Crippen molar-refractivity contribution >= 4 is 11.6 Å². The molecule has 0 aromatic carbocycles. The third-order valence-corrected chi connectivity index (χ3v) is 2.87. The maximum absolute atomic E-state index is 4.70. The van der Waals surface area contributed by atoms with Crippen LogP contribution in [-0.2, 0) is 6.42 Å². The minimum Gasteiger partial charge on any atom is -0.362 e. The minimum absolute atomic E-state index is 0.319. The van der Waals surface area contributed by atoms with Gasteiger partial charge >= 0.3 is 0 Å². The molecule has 2 N–H and O–H groups in total. The zero-order valence-corrected chi connectivity index (χ0v) is 8.84. The summed E-state index contributed by atoms with van der Waals surface area (Å²) in [5.41, 5.74) is 1.11. The number of fused-ring (bicyclic) bond motifs is 1. The van der Waals surface area contributed by atoms with Crippen molar-refractivity contribution in [3.8, 4) is 0 Å². The zero-order valence-electron chi connectivity index (χ0n) is 8.84. The fourth-order valence-electron chi connectivity index (χ4n) is 1.91. The number of hydrogen-bond donors (Lipinski definition) is 2. The van der Waals surface area contributed by atoms with Crippen LogP contribution in [0, 0.1) is 0 Å². The van der Waals surface area contributed by atoms with Crippen molar-refractivity contribution in [1.82, 2.24) is 20.3 Å². The van der Waals surface area contributed by atoms with E-state index in [1.54, 1.807) is 6.33 Å². The summed E-state index contributed by atoms with van der Waals surface area (Å²) in [7, 11) is 1.99. The van der Waals surface area contributed by atoms with Crippen molar-refractivity contribution in [2.24, 2.45) is 0 Å². The first-order chi connectivity index (χ1) is 7.84. The molecule has 0 spiro atoms. The highest BCUT2D eigenvalue weighted by Crippen LogP contribution is 2.26. The number of likely N-dealkylation sites (N-methyl/N-ethyl adjacent to an activating group) is 1. The molecule has 0 saturated heterocycles. The number of nitrogens with zero attached hydrogens (tertiary/aromatic N) is 4. The average molecular weight is 220 g/mol. The predicted octanol–water partition coefficient (Wildman–Crippen LogP) is 0.266. The molecular weight excluding hydrogens is 208 g/mol. The van der Waals surface area contributed by atoms with Crippen molar-refractivity contribution in [3.63, 3.8) is 0 Å². The molecule has 1 atom stereocenters. The zero-order chi connectivity index (χ0) is 11.0. The van der Waals surface area contributed by atoms with Gasteiger partial charge in [-0.25, -0.2) is 9.61 Å². The molecule has 7 heteroatoms. The summed E-state index contributed by atoms with van der Waals surface area (Å²) < 4.78 is 4.70. The molecule has 7 nitrogen and oxygen atoms in total. The molecule has 0 radical (unpaired) electrons. The van der Waals surface area contributed by atoms with Gasteiger partial charge in [0.15, 0.2) is 0 Å². The second-order valence-electron chi connectivity index (χ2n) is 3.86. The highest BCUT2D eigenvalue weighted by atomic mass is 16.6. The van der Waals surface area contributed by atoms with Gasteiger partial charge in [-0.3, -0.25) is 0 Å². The summed E-state index contributed by atoms with van der Waals surface area (Å²) >= 11 is 0. The Balaban J connectivity index is 1.79. The monoisotopic (exact) mass is 220 g/mol. The summed E-state index contributed by atoms with van der Waals surface area (Å²) in [6.45, 7) is 0.816. The molecule has 0 amide bonds. The second-order valence-corrected chi connectivity index (χ2v) is 3.86. The van der Waals surface area contributed by atoms with E-state index in [9.17, 15) is 0 Å². The Labute approximate surface area is 91.8 Å². The average Bonchev–Trinajstić information content (AvgIpc) is 2.93. The van der Waals surface area contributed by atoms with Gasteiger partial charge in [0.05, 0.1) is 12.4 Å². The van der Waals surface area contributed by atoms with Crippen LogP contribution in [0.1, 0.15) is 5.69 Å². The molecule has 0 bridgehead atoms. The topological polar surface area (TPSA) is 82.9 Å². The number of aromatic amines is 1. The fourth-order valence-corrected chi connectivity index (χ4v) is 1.91. The van der Waals surface area contributed by atoms with E-state index in [0.29, 0.717) is 11.9 Å². The van der Waals surface area contributed by atoms with Crippen molar-refractivity contribution < 1.29 is 4.63 Å². The molecule has 0 fully saturated rings. The van der Waals surface area contributed by atoms with Gasteiger partial charge in [-0.05, 0) is 10.3 Å². The fraction of sp³-hybridized carbons (Fsp3) is 0.444. The smallest absolute Gasteiger partial charge is 0.217 e. The van der Waals surface area contributed by atoms with Gasteiger partial charge in [-0.15, -0.1) is 0 Å². The lowest BCUT2D eigenvalue weighted by molar-refractivity contribution is 0.309. The minimum atomic E-state index is 0.319. The van der Waals surface area contributed by atoms with Gasteiger partial charge < -0.3 is 15.2 Å². The Kier molecular flexibility index (Phi) is 2.02. The van der Waals surface area contributed by atoms with Gasteiger partial charge in [0.25, 0.3) is 0 Å². The Bertz CT molecular complexity index is 464. The van der Waals surface area contributed by atoms with Crippen LogP contribution >= 0.6 is 0 Å².